The average Bonchev–Trinajstić information content (AvgIpc) is 2.11. The molecule has 5 N–H and O–H groups in total. The Hall–Kier alpha value is -0.460. The Morgan fingerprint density at radius 1 is 1.60 bits per heavy atom. The molecule has 5 nitrogen and oxygen atoms in total. The molecular weight excluding hydrogens is 238 g/mol. The summed E-state index contributed by atoms with van der Waals surface area (Å²) in [5.41, 5.74) is 9.67. The lowest BCUT2D eigenvalue weighted by molar-refractivity contribution is -0.142. The normalized spacial score (nSPS) is 15.3. The lowest BCUT2D eigenvalue weighted by Crippen LogP contribution is -2.49. The molecule has 0 aromatic carbocycles. The second-order valence-electron chi connectivity index (χ2n) is 3.25. The van der Waals surface area contributed by atoms with Crippen molar-refractivity contribution in [3.05, 3.63) is 0 Å². The van der Waals surface area contributed by atoms with Crippen molar-refractivity contribution < 1.29 is 9.90 Å². The summed E-state index contributed by atoms with van der Waals surface area (Å²) < 4.78 is 0. The van der Waals surface area contributed by atoms with Gasteiger partial charge in [-0.15, -0.1) is 12.4 Å². The molecule has 0 aliphatic carbocycles. The molecule has 0 aliphatic heterocycles. The molecule has 0 fully saturated rings. The molecule has 0 aromatic rings. The van der Waals surface area contributed by atoms with Crippen molar-refractivity contribution in [1.29, 1.82) is 0 Å². The van der Waals surface area contributed by atoms with Crippen LogP contribution in [0.5, 0.6) is 0 Å². The number of carboxylic acids is 1. The minimum absolute atomic E-state index is 0. The van der Waals surface area contributed by atoms with Gasteiger partial charge in [0, 0.05) is 12.3 Å². The predicted octanol–water partition coefficient (Wildman–Crippen LogP) is 0.277. The standard InChI is InChI=1S/C8H17N3O2S.ClH/c1-6(9)11-4-2-3-8(10,5-14)7(12)13;/h14H,2-5,10H2,1H3,(H2,9,11)(H,12,13);1H. The second-order valence-corrected chi connectivity index (χ2v) is 3.56. The lowest BCUT2D eigenvalue weighted by atomic mass is 9.97. The van der Waals surface area contributed by atoms with Crippen molar-refractivity contribution in [3.8, 4) is 0 Å². The van der Waals surface area contributed by atoms with Gasteiger partial charge in [0.25, 0.3) is 0 Å². The Bertz CT molecular complexity index is 234. The van der Waals surface area contributed by atoms with E-state index in [1.165, 1.54) is 0 Å². The van der Waals surface area contributed by atoms with Crippen molar-refractivity contribution in [3.63, 3.8) is 0 Å². The minimum atomic E-state index is -1.25. The van der Waals surface area contributed by atoms with Gasteiger partial charge in [-0.2, -0.15) is 12.6 Å². The number of amidine groups is 1. The molecule has 0 saturated carbocycles. The largest absolute Gasteiger partial charge is 0.480 e. The quantitative estimate of drug-likeness (QED) is 0.237. The van der Waals surface area contributed by atoms with E-state index in [0.717, 1.165) is 0 Å². The van der Waals surface area contributed by atoms with E-state index in [4.69, 9.17) is 16.6 Å². The van der Waals surface area contributed by atoms with Crippen LogP contribution in [0.15, 0.2) is 4.99 Å². The molecule has 7 heteroatoms. The Kier molecular flexibility index (Phi) is 8.80. The summed E-state index contributed by atoms with van der Waals surface area (Å²) in [5, 5.41) is 8.81. The summed E-state index contributed by atoms with van der Waals surface area (Å²) in [6.45, 7) is 2.19. The number of carboxylic acid groups (broad SMARTS) is 1. The number of carbonyl (C=O) groups is 1. The number of halogens is 1. The number of hydrogen-bond donors (Lipinski definition) is 4. The van der Waals surface area contributed by atoms with E-state index in [1.807, 2.05) is 0 Å². The Morgan fingerprint density at radius 2 is 2.13 bits per heavy atom. The number of nitrogens with zero attached hydrogens (tertiary/aromatic N) is 1. The molecule has 1 atom stereocenters. The van der Waals surface area contributed by atoms with E-state index >= 15 is 0 Å². The van der Waals surface area contributed by atoms with Gasteiger partial charge in [-0.1, -0.05) is 0 Å². The predicted molar refractivity (Wildman–Crippen MR) is 67.1 cm³/mol. The van der Waals surface area contributed by atoms with Crippen molar-refractivity contribution in [2.75, 3.05) is 12.3 Å². The molecule has 1 unspecified atom stereocenters. The fourth-order valence-electron chi connectivity index (χ4n) is 0.904. The summed E-state index contributed by atoms with van der Waals surface area (Å²) in [4.78, 5) is 14.7. The molecule has 0 aliphatic rings. The number of rotatable bonds is 6. The summed E-state index contributed by atoms with van der Waals surface area (Å²) >= 11 is 3.92. The highest BCUT2D eigenvalue weighted by molar-refractivity contribution is 7.80. The van der Waals surface area contributed by atoms with E-state index in [2.05, 4.69) is 17.6 Å². The van der Waals surface area contributed by atoms with E-state index in [0.29, 0.717) is 25.2 Å². The topological polar surface area (TPSA) is 102 Å². The van der Waals surface area contributed by atoms with Crippen LogP contribution in [-0.4, -0.2) is 34.7 Å². The molecule has 0 bridgehead atoms. The first-order valence-electron chi connectivity index (χ1n) is 4.32. The third-order valence-corrected chi connectivity index (χ3v) is 2.41. The number of thiol groups is 1. The first kappa shape index (κ1) is 17.0. The van der Waals surface area contributed by atoms with E-state index in [9.17, 15) is 4.79 Å². The summed E-state index contributed by atoms with van der Waals surface area (Å²) in [7, 11) is 0. The highest BCUT2D eigenvalue weighted by Gasteiger charge is 2.31. The molecule has 0 amide bonds. The first-order chi connectivity index (χ1) is 6.42. The van der Waals surface area contributed by atoms with Gasteiger partial charge in [-0.05, 0) is 19.8 Å². The molecule has 0 spiro atoms. The molecule has 90 valence electrons. The van der Waals surface area contributed by atoms with Crippen LogP contribution >= 0.6 is 25.0 Å². The van der Waals surface area contributed by atoms with Crippen molar-refractivity contribution in [1.82, 2.24) is 0 Å². The zero-order valence-corrected chi connectivity index (χ0v) is 10.4. The summed E-state index contributed by atoms with van der Waals surface area (Å²) in [6, 6.07) is 0. The number of hydrogen-bond acceptors (Lipinski definition) is 4. The van der Waals surface area contributed by atoms with Crippen LogP contribution in [0.1, 0.15) is 19.8 Å². The van der Waals surface area contributed by atoms with E-state index in [1.54, 1.807) is 6.92 Å². The maximum atomic E-state index is 10.7. The van der Waals surface area contributed by atoms with Crippen LogP contribution in [0.4, 0.5) is 0 Å². The van der Waals surface area contributed by atoms with Crippen LogP contribution in [-0.2, 0) is 4.79 Å². The number of aliphatic imine (C=N–C) groups is 1. The molecular formula is C8H18ClN3O2S. The van der Waals surface area contributed by atoms with Crippen molar-refractivity contribution >= 4 is 36.8 Å². The van der Waals surface area contributed by atoms with Crippen LogP contribution in [0.3, 0.4) is 0 Å². The third kappa shape index (κ3) is 6.59. The highest BCUT2D eigenvalue weighted by Crippen LogP contribution is 2.12. The van der Waals surface area contributed by atoms with Gasteiger partial charge in [0.15, 0.2) is 0 Å². The van der Waals surface area contributed by atoms with Crippen molar-refractivity contribution in [2.24, 2.45) is 16.5 Å². The Labute approximate surface area is 101 Å². The molecule has 0 aromatic heterocycles. The van der Waals surface area contributed by atoms with Crippen molar-refractivity contribution in [2.45, 2.75) is 25.3 Å². The SMILES string of the molecule is CC(N)=NCCCC(N)(CS)C(=O)O.Cl. The van der Waals surface area contributed by atoms with Gasteiger partial charge in [0.1, 0.15) is 5.54 Å². The van der Waals surface area contributed by atoms with E-state index in [-0.39, 0.29) is 18.2 Å². The zero-order valence-electron chi connectivity index (χ0n) is 8.64. The smallest absolute Gasteiger partial charge is 0.324 e. The zero-order chi connectivity index (χ0) is 11.2. The fourth-order valence-corrected chi connectivity index (χ4v) is 1.20. The average molecular weight is 256 g/mol. The fraction of sp³-hybridized carbons (Fsp3) is 0.750. The second kappa shape index (κ2) is 7.78. The van der Waals surface area contributed by atoms with Gasteiger partial charge in [0.05, 0.1) is 5.84 Å². The maximum Gasteiger partial charge on any atom is 0.324 e. The van der Waals surface area contributed by atoms with Gasteiger partial charge >= 0.3 is 5.97 Å². The van der Waals surface area contributed by atoms with Gasteiger partial charge in [-0.3, -0.25) is 9.79 Å². The van der Waals surface area contributed by atoms with E-state index < -0.39 is 11.5 Å². The van der Waals surface area contributed by atoms with Crippen LogP contribution in [0, 0.1) is 0 Å². The molecule has 0 rings (SSSR count). The Morgan fingerprint density at radius 3 is 2.47 bits per heavy atom. The molecule has 0 saturated heterocycles. The lowest BCUT2D eigenvalue weighted by Gasteiger charge is -2.21. The highest BCUT2D eigenvalue weighted by atomic mass is 35.5. The molecule has 0 radical (unpaired) electrons. The first-order valence-corrected chi connectivity index (χ1v) is 4.95. The minimum Gasteiger partial charge on any atom is -0.480 e. The van der Waals surface area contributed by atoms with Gasteiger partial charge in [0.2, 0.25) is 0 Å². The van der Waals surface area contributed by atoms with Gasteiger partial charge in [-0.25, -0.2) is 0 Å². The Balaban J connectivity index is 0. The number of nitrogens with two attached hydrogens (primary N) is 2. The molecule has 15 heavy (non-hydrogen) atoms. The maximum absolute atomic E-state index is 10.7. The third-order valence-electron chi connectivity index (χ3n) is 1.85. The molecule has 0 heterocycles. The van der Waals surface area contributed by atoms with Crippen LogP contribution < -0.4 is 11.5 Å². The van der Waals surface area contributed by atoms with Crippen LogP contribution in [0.25, 0.3) is 0 Å². The summed E-state index contributed by atoms with van der Waals surface area (Å²) in [5.74, 6) is -0.414. The number of aliphatic carboxylic acids is 1. The monoisotopic (exact) mass is 255 g/mol. The van der Waals surface area contributed by atoms with Crippen LogP contribution in [0.2, 0.25) is 0 Å². The summed E-state index contributed by atoms with van der Waals surface area (Å²) in [6.07, 6.45) is 0.945. The van der Waals surface area contributed by atoms with Gasteiger partial charge < -0.3 is 16.6 Å².